The smallest absolute Gasteiger partial charge is 0.407 e. The van der Waals surface area contributed by atoms with E-state index >= 15 is 0 Å². The van der Waals surface area contributed by atoms with Gasteiger partial charge in [-0.3, -0.25) is 4.79 Å². The normalized spacial score (nSPS) is 22.0. The molecule has 1 fully saturated rings. The molecule has 80 valence electrons. The molecule has 14 heavy (non-hydrogen) atoms. The second-order valence-corrected chi connectivity index (χ2v) is 3.63. The van der Waals surface area contributed by atoms with Gasteiger partial charge in [-0.15, -0.1) is 0 Å². The second kappa shape index (κ2) is 4.83. The van der Waals surface area contributed by atoms with Crippen LogP contribution in [0.2, 0.25) is 0 Å². The van der Waals surface area contributed by atoms with Gasteiger partial charge in [0.05, 0.1) is 0 Å². The lowest BCUT2D eigenvalue weighted by Crippen LogP contribution is -2.43. The topological polar surface area (TPSA) is 83.6 Å². The van der Waals surface area contributed by atoms with Crippen molar-refractivity contribution >= 4 is 12.0 Å². The van der Waals surface area contributed by atoms with Gasteiger partial charge in [-0.05, 0) is 25.7 Å². The maximum atomic E-state index is 10.8. The fraction of sp³-hybridized carbons (Fsp3) is 0.778. The summed E-state index contributed by atoms with van der Waals surface area (Å²) in [6, 6.07) is -0.0197. The summed E-state index contributed by atoms with van der Waals surface area (Å²) in [6.45, 7) is 0.582. The Morgan fingerprint density at radius 3 is 2.71 bits per heavy atom. The lowest BCUT2D eigenvalue weighted by molar-refractivity contribution is -0.118. The lowest BCUT2D eigenvalue weighted by Gasteiger charge is -2.33. The third kappa shape index (κ3) is 2.90. The van der Waals surface area contributed by atoms with Crippen molar-refractivity contribution in [3.05, 3.63) is 0 Å². The van der Waals surface area contributed by atoms with E-state index in [-0.39, 0.29) is 18.4 Å². The Kier molecular flexibility index (Phi) is 3.73. The number of hydrogen-bond acceptors (Lipinski definition) is 2. The van der Waals surface area contributed by atoms with Crippen LogP contribution in [-0.4, -0.2) is 34.6 Å². The molecule has 0 bridgehead atoms. The van der Waals surface area contributed by atoms with Crippen molar-refractivity contribution in [1.82, 2.24) is 4.90 Å². The maximum Gasteiger partial charge on any atom is 0.407 e. The molecule has 0 aromatic carbocycles. The highest BCUT2D eigenvalue weighted by Gasteiger charge is 2.26. The molecule has 2 amide bonds. The number of carboxylic acid groups (broad SMARTS) is 1. The summed E-state index contributed by atoms with van der Waals surface area (Å²) in [5.41, 5.74) is 5.03. The van der Waals surface area contributed by atoms with Gasteiger partial charge in [0.2, 0.25) is 5.91 Å². The van der Waals surface area contributed by atoms with E-state index in [2.05, 4.69) is 0 Å². The molecule has 1 saturated heterocycles. The Balaban J connectivity index is 2.45. The van der Waals surface area contributed by atoms with Crippen molar-refractivity contribution in [2.75, 3.05) is 6.54 Å². The van der Waals surface area contributed by atoms with Crippen LogP contribution in [0.1, 0.15) is 32.1 Å². The van der Waals surface area contributed by atoms with Crippen LogP contribution in [0.25, 0.3) is 0 Å². The highest BCUT2D eigenvalue weighted by molar-refractivity contribution is 5.73. The number of nitrogens with two attached hydrogens (primary N) is 1. The van der Waals surface area contributed by atoms with Crippen molar-refractivity contribution in [3.8, 4) is 0 Å². The Morgan fingerprint density at radius 2 is 2.14 bits per heavy atom. The van der Waals surface area contributed by atoms with E-state index in [0.29, 0.717) is 13.0 Å². The summed E-state index contributed by atoms with van der Waals surface area (Å²) in [4.78, 5) is 22.8. The molecule has 1 atom stereocenters. The average Bonchev–Trinajstić information content (AvgIpc) is 2.15. The van der Waals surface area contributed by atoms with E-state index in [1.165, 1.54) is 4.90 Å². The minimum Gasteiger partial charge on any atom is -0.465 e. The van der Waals surface area contributed by atoms with Gasteiger partial charge in [-0.1, -0.05) is 0 Å². The van der Waals surface area contributed by atoms with Crippen LogP contribution in [0.15, 0.2) is 0 Å². The first-order chi connectivity index (χ1) is 6.61. The Bertz CT molecular complexity index is 230. The summed E-state index contributed by atoms with van der Waals surface area (Å²) < 4.78 is 0. The van der Waals surface area contributed by atoms with Crippen molar-refractivity contribution in [2.24, 2.45) is 5.73 Å². The largest absolute Gasteiger partial charge is 0.465 e. The van der Waals surface area contributed by atoms with E-state index in [1.807, 2.05) is 0 Å². The Morgan fingerprint density at radius 1 is 1.43 bits per heavy atom. The highest BCUT2D eigenvalue weighted by Crippen LogP contribution is 2.20. The molecular weight excluding hydrogens is 184 g/mol. The minimum absolute atomic E-state index is 0.0197. The number of carbonyl (C=O) groups excluding carboxylic acids is 1. The van der Waals surface area contributed by atoms with Gasteiger partial charge in [-0.2, -0.15) is 0 Å². The molecule has 0 aliphatic carbocycles. The monoisotopic (exact) mass is 200 g/mol. The van der Waals surface area contributed by atoms with E-state index in [4.69, 9.17) is 10.8 Å². The van der Waals surface area contributed by atoms with Crippen LogP contribution >= 0.6 is 0 Å². The molecule has 0 spiro atoms. The van der Waals surface area contributed by atoms with Crippen LogP contribution in [0.3, 0.4) is 0 Å². The molecule has 5 nitrogen and oxygen atoms in total. The van der Waals surface area contributed by atoms with E-state index < -0.39 is 6.09 Å². The SMILES string of the molecule is NC(=O)CCC1CCCCN1C(=O)O. The number of likely N-dealkylation sites (tertiary alicyclic amines) is 1. The van der Waals surface area contributed by atoms with Crippen LogP contribution in [0.5, 0.6) is 0 Å². The van der Waals surface area contributed by atoms with Gasteiger partial charge in [0.1, 0.15) is 0 Å². The summed E-state index contributed by atoms with van der Waals surface area (Å²) in [5, 5.41) is 8.88. The predicted molar refractivity (Wildman–Crippen MR) is 50.8 cm³/mol. The molecule has 1 unspecified atom stereocenters. The molecule has 1 aliphatic heterocycles. The second-order valence-electron chi connectivity index (χ2n) is 3.63. The van der Waals surface area contributed by atoms with Crippen LogP contribution in [-0.2, 0) is 4.79 Å². The lowest BCUT2D eigenvalue weighted by atomic mass is 9.98. The number of hydrogen-bond donors (Lipinski definition) is 2. The molecule has 0 radical (unpaired) electrons. The maximum absolute atomic E-state index is 10.8. The summed E-state index contributed by atoms with van der Waals surface area (Å²) in [5.74, 6) is -0.360. The predicted octanol–water partition coefficient (Wildman–Crippen LogP) is 0.784. The van der Waals surface area contributed by atoms with Gasteiger partial charge < -0.3 is 15.7 Å². The zero-order valence-electron chi connectivity index (χ0n) is 8.11. The molecule has 5 heteroatoms. The molecule has 0 saturated carbocycles. The van der Waals surface area contributed by atoms with Crippen molar-refractivity contribution < 1.29 is 14.7 Å². The molecule has 0 aromatic rings. The van der Waals surface area contributed by atoms with Crippen LogP contribution < -0.4 is 5.73 Å². The zero-order valence-corrected chi connectivity index (χ0v) is 8.11. The van der Waals surface area contributed by atoms with Gasteiger partial charge in [-0.25, -0.2) is 4.79 Å². The average molecular weight is 200 g/mol. The fourth-order valence-electron chi connectivity index (χ4n) is 1.86. The van der Waals surface area contributed by atoms with Gasteiger partial charge >= 0.3 is 6.09 Å². The van der Waals surface area contributed by atoms with E-state index in [1.54, 1.807) is 0 Å². The van der Waals surface area contributed by atoms with E-state index in [9.17, 15) is 9.59 Å². The number of rotatable bonds is 3. The number of nitrogens with zero attached hydrogens (tertiary/aromatic N) is 1. The molecule has 3 N–H and O–H groups in total. The molecule has 0 aromatic heterocycles. The summed E-state index contributed by atoms with van der Waals surface area (Å²) in [7, 11) is 0. The zero-order chi connectivity index (χ0) is 10.6. The highest BCUT2D eigenvalue weighted by atomic mass is 16.4. The first-order valence-corrected chi connectivity index (χ1v) is 4.89. The van der Waals surface area contributed by atoms with E-state index in [0.717, 1.165) is 19.3 Å². The third-order valence-electron chi connectivity index (χ3n) is 2.60. The van der Waals surface area contributed by atoms with Crippen molar-refractivity contribution in [3.63, 3.8) is 0 Å². The Labute approximate surface area is 82.9 Å². The van der Waals surface area contributed by atoms with Gasteiger partial charge in [0.15, 0.2) is 0 Å². The van der Waals surface area contributed by atoms with Gasteiger partial charge in [0, 0.05) is 19.0 Å². The quantitative estimate of drug-likeness (QED) is 0.706. The van der Waals surface area contributed by atoms with Crippen molar-refractivity contribution in [2.45, 2.75) is 38.1 Å². The first-order valence-electron chi connectivity index (χ1n) is 4.89. The minimum atomic E-state index is -0.890. The summed E-state index contributed by atoms with van der Waals surface area (Å²) in [6.07, 6.45) is 2.74. The number of primary amides is 1. The third-order valence-corrected chi connectivity index (χ3v) is 2.60. The molecular formula is C9H16N2O3. The molecule has 1 rings (SSSR count). The summed E-state index contributed by atoms with van der Waals surface area (Å²) >= 11 is 0. The van der Waals surface area contributed by atoms with Crippen molar-refractivity contribution in [1.29, 1.82) is 0 Å². The molecule has 1 heterocycles. The Hall–Kier alpha value is -1.26. The first kappa shape index (κ1) is 10.8. The van der Waals surface area contributed by atoms with Crippen LogP contribution in [0.4, 0.5) is 4.79 Å². The number of carbonyl (C=O) groups is 2. The number of amides is 2. The molecule has 1 aliphatic rings. The standard InChI is InChI=1S/C9H16N2O3/c10-8(12)5-4-7-3-1-2-6-11(7)9(13)14/h7H,1-6H2,(H2,10,12)(H,13,14). The number of piperidine rings is 1. The van der Waals surface area contributed by atoms with Gasteiger partial charge in [0.25, 0.3) is 0 Å². The fourth-order valence-corrected chi connectivity index (χ4v) is 1.86. The van der Waals surface area contributed by atoms with Crippen LogP contribution in [0, 0.1) is 0 Å².